The number of nitrogens with one attached hydrogen (secondary N) is 1. The van der Waals surface area contributed by atoms with Crippen molar-refractivity contribution in [2.24, 2.45) is 0 Å². The van der Waals surface area contributed by atoms with E-state index < -0.39 is 0 Å². The number of pyridine rings is 1. The van der Waals surface area contributed by atoms with Gasteiger partial charge in [0.2, 0.25) is 0 Å². The fraction of sp³-hybridized carbons (Fsp3) is 0.478. The van der Waals surface area contributed by atoms with Gasteiger partial charge in [0.15, 0.2) is 0 Å². The molecule has 2 aliphatic heterocycles. The van der Waals surface area contributed by atoms with E-state index in [0.717, 1.165) is 69.8 Å². The lowest BCUT2D eigenvalue weighted by atomic mass is 10.0. The molecule has 5 nitrogen and oxygen atoms in total. The standard InChI is InChI=1S/C23H30N4O/c28-23(27-14-4-5-15-27)20-10-12-24-22(17-20)25-21-9-6-13-26(18-21)16-11-19-7-2-1-3-8-19/h1-3,7-8,10,12,17,21H,4-6,9,11,13-16,18H2,(H,24,25). The number of anilines is 1. The molecule has 2 fully saturated rings. The number of aromatic nitrogens is 1. The van der Waals surface area contributed by atoms with Crippen molar-refractivity contribution >= 4 is 11.7 Å². The fourth-order valence-corrected chi connectivity index (χ4v) is 4.26. The van der Waals surface area contributed by atoms with Crippen molar-refractivity contribution < 1.29 is 4.79 Å². The zero-order valence-corrected chi connectivity index (χ0v) is 16.5. The van der Waals surface area contributed by atoms with E-state index in [1.165, 1.54) is 12.0 Å². The Morgan fingerprint density at radius 2 is 1.89 bits per heavy atom. The molecule has 1 atom stereocenters. The minimum atomic E-state index is 0.135. The summed E-state index contributed by atoms with van der Waals surface area (Å²) in [6, 6.07) is 14.8. The molecule has 148 valence electrons. The predicted molar refractivity (Wildman–Crippen MR) is 113 cm³/mol. The van der Waals surface area contributed by atoms with Gasteiger partial charge in [-0.1, -0.05) is 30.3 Å². The summed E-state index contributed by atoms with van der Waals surface area (Å²) in [6.45, 7) is 5.03. The Bertz CT molecular complexity index is 773. The summed E-state index contributed by atoms with van der Waals surface area (Å²) in [6.07, 6.45) is 7.41. The van der Waals surface area contributed by atoms with Crippen LogP contribution in [0.4, 0.5) is 5.82 Å². The summed E-state index contributed by atoms with van der Waals surface area (Å²) in [5, 5.41) is 3.57. The molecule has 1 aromatic carbocycles. The third kappa shape index (κ3) is 4.90. The van der Waals surface area contributed by atoms with Crippen LogP contribution in [0.2, 0.25) is 0 Å². The number of carbonyl (C=O) groups is 1. The first-order valence-corrected chi connectivity index (χ1v) is 10.6. The van der Waals surface area contributed by atoms with Gasteiger partial charge in [-0.3, -0.25) is 4.79 Å². The van der Waals surface area contributed by atoms with E-state index >= 15 is 0 Å². The number of amides is 1. The van der Waals surface area contributed by atoms with E-state index in [-0.39, 0.29) is 5.91 Å². The topological polar surface area (TPSA) is 48.5 Å². The molecule has 4 rings (SSSR count). The van der Waals surface area contributed by atoms with Crippen LogP contribution in [0.3, 0.4) is 0 Å². The Morgan fingerprint density at radius 1 is 1.07 bits per heavy atom. The highest BCUT2D eigenvalue weighted by Crippen LogP contribution is 2.18. The summed E-state index contributed by atoms with van der Waals surface area (Å²) >= 11 is 0. The van der Waals surface area contributed by atoms with Gasteiger partial charge in [0.1, 0.15) is 5.82 Å². The second-order valence-corrected chi connectivity index (χ2v) is 7.95. The molecular formula is C23H30N4O. The predicted octanol–water partition coefficient (Wildman–Crippen LogP) is 3.44. The van der Waals surface area contributed by atoms with Crippen molar-refractivity contribution in [2.45, 2.75) is 38.1 Å². The number of hydrogen-bond acceptors (Lipinski definition) is 4. The zero-order chi connectivity index (χ0) is 19.2. The van der Waals surface area contributed by atoms with Crippen LogP contribution in [0.1, 0.15) is 41.6 Å². The van der Waals surface area contributed by atoms with E-state index in [2.05, 4.69) is 45.5 Å². The average Bonchev–Trinajstić information content (AvgIpc) is 3.28. The average molecular weight is 379 g/mol. The Kier molecular flexibility index (Phi) is 6.22. The minimum absolute atomic E-state index is 0.135. The number of nitrogens with zero attached hydrogens (tertiary/aromatic N) is 3. The second kappa shape index (κ2) is 9.20. The molecule has 0 saturated carbocycles. The van der Waals surface area contributed by atoms with Crippen LogP contribution < -0.4 is 5.32 Å². The van der Waals surface area contributed by atoms with Crippen molar-refractivity contribution in [2.75, 3.05) is 38.0 Å². The van der Waals surface area contributed by atoms with Crippen molar-refractivity contribution in [3.05, 3.63) is 59.8 Å². The van der Waals surface area contributed by atoms with Gasteiger partial charge in [-0.15, -0.1) is 0 Å². The lowest BCUT2D eigenvalue weighted by Crippen LogP contribution is -2.43. The fourth-order valence-electron chi connectivity index (χ4n) is 4.26. The summed E-state index contributed by atoms with van der Waals surface area (Å²) < 4.78 is 0. The number of carbonyl (C=O) groups excluding carboxylic acids is 1. The van der Waals surface area contributed by atoms with Gasteiger partial charge < -0.3 is 15.1 Å². The molecule has 1 unspecified atom stereocenters. The van der Waals surface area contributed by atoms with Crippen molar-refractivity contribution in [3.8, 4) is 0 Å². The van der Waals surface area contributed by atoms with E-state index in [1.807, 2.05) is 17.0 Å². The number of hydrogen-bond donors (Lipinski definition) is 1. The molecule has 0 radical (unpaired) electrons. The van der Waals surface area contributed by atoms with E-state index in [0.29, 0.717) is 6.04 Å². The molecule has 0 aliphatic carbocycles. The maximum atomic E-state index is 12.6. The Labute approximate surface area is 167 Å². The summed E-state index contributed by atoms with van der Waals surface area (Å²) in [5.41, 5.74) is 2.14. The Hall–Kier alpha value is -2.40. The third-order valence-electron chi connectivity index (χ3n) is 5.82. The molecule has 1 N–H and O–H groups in total. The molecule has 3 heterocycles. The third-order valence-corrected chi connectivity index (χ3v) is 5.82. The molecule has 2 saturated heterocycles. The molecule has 2 aliphatic rings. The van der Waals surface area contributed by atoms with Crippen LogP contribution in [0, 0.1) is 0 Å². The van der Waals surface area contributed by atoms with Crippen molar-refractivity contribution in [1.29, 1.82) is 0 Å². The molecule has 5 heteroatoms. The van der Waals surface area contributed by atoms with E-state index in [1.54, 1.807) is 6.20 Å². The SMILES string of the molecule is O=C(c1ccnc(NC2CCCN(CCc3ccccc3)C2)c1)N1CCCC1. The maximum absolute atomic E-state index is 12.6. The van der Waals surface area contributed by atoms with E-state index in [4.69, 9.17) is 0 Å². The zero-order valence-electron chi connectivity index (χ0n) is 16.5. The van der Waals surface area contributed by atoms with Crippen molar-refractivity contribution in [3.63, 3.8) is 0 Å². The highest BCUT2D eigenvalue weighted by molar-refractivity contribution is 5.95. The first-order chi connectivity index (χ1) is 13.8. The lowest BCUT2D eigenvalue weighted by molar-refractivity contribution is 0.0792. The maximum Gasteiger partial charge on any atom is 0.254 e. The van der Waals surface area contributed by atoms with E-state index in [9.17, 15) is 4.79 Å². The van der Waals surface area contributed by atoms with Crippen LogP contribution in [-0.4, -0.2) is 59.5 Å². The van der Waals surface area contributed by atoms with Crippen LogP contribution >= 0.6 is 0 Å². The molecule has 28 heavy (non-hydrogen) atoms. The van der Waals surface area contributed by atoms with Gasteiger partial charge in [-0.2, -0.15) is 0 Å². The number of piperidine rings is 1. The summed E-state index contributed by atoms with van der Waals surface area (Å²) in [7, 11) is 0. The molecule has 0 bridgehead atoms. The molecule has 0 spiro atoms. The quantitative estimate of drug-likeness (QED) is 0.837. The smallest absolute Gasteiger partial charge is 0.254 e. The van der Waals surface area contributed by atoms with Crippen LogP contribution in [0.15, 0.2) is 48.7 Å². The number of rotatable bonds is 6. The monoisotopic (exact) mass is 378 g/mol. The first kappa shape index (κ1) is 18.9. The molecular weight excluding hydrogens is 348 g/mol. The van der Waals surface area contributed by atoms with Crippen LogP contribution in [-0.2, 0) is 6.42 Å². The van der Waals surface area contributed by atoms with Gasteiger partial charge in [-0.25, -0.2) is 4.98 Å². The number of likely N-dealkylation sites (tertiary alicyclic amines) is 2. The molecule has 1 aromatic heterocycles. The summed E-state index contributed by atoms with van der Waals surface area (Å²) in [5.74, 6) is 0.955. The minimum Gasteiger partial charge on any atom is -0.366 e. The first-order valence-electron chi connectivity index (χ1n) is 10.6. The second-order valence-electron chi connectivity index (χ2n) is 7.95. The Morgan fingerprint density at radius 3 is 2.71 bits per heavy atom. The van der Waals surface area contributed by atoms with Gasteiger partial charge in [0.25, 0.3) is 5.91 Å². The van der Waals surface area contributed by atoms with Crippen LogP contribution in [0.5, 0.6) is 0 Å². The normalized spacial score (nSPS) is 20.3. The molecule has 1 amide bonds. The van der Waals surface area contributed by atoms with Gasteiger partial charge in [-0.05, 0) is 56.3 Å². The summed E-state index contributed by atoms with van der Waals surface area (Å²) in [4.78, 5) is 21.6. The van der Waals surface area contributed by atoms with Crippen LogP contribution in [0.25, 0.3) is 0 Å². The van der Waals surface area contributed by atoms with Gasteiger partial charge in [0, 0.05) is 44.0 Å². The highest BCUT2D eigenvalue weighted by Gasteiger charge is 2.22. The molecule has 2 aromatic rings. The van der Waals surface area contributed by atoms with Crippen molar-refractivity contribution in [1.82, 2.24) is 14.8 Å². The van der Waals surface area contributed by atoms with Gasteiger partial charge in [0.05, 0.1) is 0 Å². The Balaban J connectivity index is 1.32. The highest BCUT2D eigenvalue weighted by atomic mass is 16.2. The van der Waals surface area contributed by atoms with Gasteiger partial charge >= 0.3 is 0 Å². The number of benzene rings is 1. The lowest BCUT2D eigenvalue weighted by Gasteiger charge is -2.33. The largest absolute Gasteiger partial charge is 0.366 e.